The van der Waals surface area contributed by atoms with E-state index in [1.165, 1.54) is 0 Å². The molecule has 0 fully saturated rings. The van der Waals surface area contributed by atoms with E-state index in [9.17, 15) is 15.3 Å². The molecule has 0 heterocycles. The molecule has 0 saturated heterocycles. The molecule has 3 unspecified atom stereocenters. The van der Waals surface area contributed by atoms with Crippen LogP contribution in [0.2, 0.25) is 0 Å². The van der Waals surface area contributed by atoms with Crippen molar-refractivity contribution < 1.29 is 29.5 Å². The summed E-state index contributed by atoms with van der Waals surface area (Å²) in [5.41, 5.74) is 8.98. The summed E-state index contributed by atoms with van der Waals surface area (Å²) in [6, 6.07) is 34.0. The summed E-state index contributed by atoms with van der Waals surface area (Å²) in [5.74, 6) is 2.45. The first-order chi connectivity index (χ1) is 22.9. The molecule has 6 nitrogen and oxygen atoms in total. The largest absolute Gasteiger partial charge is 0.508 e. The standard InChI is InChI=1S/C42H46O6/c1-27-20-32(21-28(2)40(27)47-24-31(5)43)33-22-29(3)41(30(4)23-33)48-26-38(45)25-46-39-18-14-36(15-19-39)42(6,34-10-8-7-9-11-34)35-12-16-37(44)17-13-35/h7-23,31,38,43-45H,24-26H2,1-6H3. The van der Waals surface area contributed by atoms with E-state index in [0.29, 0.717) is 5.75 Å². The first-order valence-electron chi connectivity index (χ1n) is 16.4. The van der Waals surface area contributed by atoms with Gasteiger partial charge in [0.15, 0.2) is 0 Å². The Morgan fingerprint density at radius 1 is 0.562 bits per heavy atom. The summed E-state index contributed by atoms with van der Waals surface area (Å²) in [7, 11) is 0. The van der Waals surface area contributed by atoms with Gasteiger partial charge in [0, 0.05) is 5.41 Å². The average Bonchev–Trinajstić information content (AvgIpc) is 3.07. The lowest BCUT2D eigenvalue weighted by Crippen LogP contribution is -2.26. The quantitative estimate of drug-likeness (QED) is 0.112. The Hall–Kier alpha value is -4.78. The van der Waals surface area contributed by atoms with Crippen molar-refractivity contribution in [3.63, 3.8) is 0 Å². The Labute approximate surface area is 284 Å². The normalized spacial score (nSPS) is 13.8. The van der Waals surface area contributed by atoms with Gasteiger partial charge in [-0.1, -0.05) is 54.6 Å². The molecule has 0 spiro atoms. The molecule has 0 aliphatic rings. The first-order valence-corrected chi connectivity index (χ1v) is 16.4. The van der Waals surface area contributed by atoms with Gasteiger partial charge in [0.25, 0.3) is 0 Å². The van der Waals surface area contributed by atoms with Gasteiger partial charge in [0.1, 0.15) is 48.9 Å². The zero-order chi connectivity index (χ0) is 34.4. The van der Waals surface area contributed by atoms with Gasteiger partial charge in [-0.05, 0) is 140 Å². The predicted molar refractivity (Wildman–Crippen MR) is 192 cm³/mol. The highest BCUT2D eigenvalue weighted by atomic mass is 16.5. The van der Waals surface area contributed by atoms with E-state index in [-0.39, 0.29) is 25.6 Å². The fraction of sp³-hybridized carbons (Fsp3) is 0.286. The fourth-order valence-corrected chi connectivity index (χ4v) is 6.26. The summed E-state index contributed by atoms with van der Waals surface area (Å²) in [6.45, 7) is 12.4. The first kappa shape index (κ1) is 34.6. The molecule has 6 heteroatoms. The minimum atomic E-state index is -0.825. The highest BCUT2D eigenvalue weighted by Crippen LogP contribution is 2.40. The van der Waals surface area contributed by atoms with Crippen molar-refractivity contribution in [2.75, 3.05) is 19.8 Å². The second kappa shape index (κ2) is 15.0. The number of aliphatic hydroxyl groups excluding tert-OH is 2. The molecule has 5 aromatic rings. The molecule has 0 aliphatic carbocycles. The Morgan fingerprint density at radius 3 is 1.46 bits per heavy atom. The lowest BCUT2D eigenvalue weighted by Gasteiger charge is -2.32. The van der Waals surface area contributed by atoms with Gasteiger partial charge < -0.3 is 29.5 Å². The van der Waals surface area contributed by atoms with Crippen molar-refractivity contribution in [3.05, 3.63) is 142 Å². The Morgan fingerprint density at radius 2 is 0.979 bits per heavy atom. The van der Waals surface area contributed by atoms with Crippen LogP contribution in [0.1, 0.15) is 52.8 Å². The molecule has 250 valence electrons. The van der Waals surface area contributed by atoms with Crippen LogP contribution in [-0.4, -0.2) is 47.3 Å². The van der Waals surface area contributed by atoms with Gasteiger partial charge in [-0.25, -0.2) is 0 Å². The van der Waals surface area contributed by atoms with Gasteiger partial charge in [-0.15, -0.1) is 0 Å². The van der Waals surface area contributed by atoms with Crippen molar-refractivity contribution in [2.45, 2.75) is 59.2 Å². The Bertz CT molecular complexity index is 1770. The van der Waals surface area contributed by atoms with Crippen molar-refractivity contribution in [1.82, 2.24) is 0 Å². The molecule has 5 rings (SSSR count). The van der Waals surface area contributed by atoms with Crippen LogP contribution in [0, 0.1) is 27.7 Å². The number of phenolic OH excluding ortho intramolecular Hbond substituents is 1. The zero-order valence-corrected chi connectivity index (χ0v) is 28.7. The summed E-state index contributed by atoms with van der Waals surface area (Å²) < 4.78 is 17.9. The maximum Gasteiger partial charge on any atom is 0.125 e. The van der Waals surface area contributed by atoms with Crippen molar-refractivity contribution in [2.24, 2.45) is 0 Å². The molecule has 0 aliphatic heterocycles. The van der Waals surface area contributed by atoms with E-state index in [1.807, 2.05) is 82.3 Å². The molecule has 0 bridgehead atoms. The lowest BCUT2D eigenvalue weighted by atomic mass is 9.71. The number of hydrogen-bond acceptors (Lipinski definition) is 6. The fourth-order valence-electron chi connectivity index (χ4n) is 6.26. The zero-order valence-electron chi connectivity index (χ0n) is 28.7. The molecular weight excluding hydrogens is 600 g/mol. The maximum atomic E-state index is 10.8. The van der Waals surface area contributed by atoms with E-state index >= 15 is 0 Å². The van der Waals surface area contributed by atoms with Gasteiger partial charge in [-0.3, -0.25) is 0 Å². The van der Waals surface area contributed by atoms with E-state index in [0.717, 1.165) is 61.6 Å². The smallest absolute Gasteiger partial charge is 0.125 e. The van der Waals surface area contributed by atoms with Gasteiger partial charge in [0.05, 0.1) is 6.10 Å². The van der Waals surface area contributed by atoms with Crippen LogP contribution >= 0.6 is 0 Å². The van der Waals surface area contributed by atoms with E-state index in [1.54, 1.807) is 19.1 Å². The van der Waals surface area contributed by atoms with Gasteiger partial charge in [-0.2, -0.15) is 0 Å². The SMILES string of the molecule is Cc1cc(-c2cc(C)c(OCC(O)COc3ccc(C(C)(c4ccccc4)c4ccc(O)cc4)cc3)c(C)c2)cc(C)c1OCC(C)O. The molecule has 0 aromatic heterocycles. The number of phenols is 1. The topological polar surface area (TPSA) is 88.4 Å². The van der Waals surface area contributed by atoms with Crippen molar-refractivity contribution in [1.29, 1.82) is 0 Å². The Balaban J connectivity index is 1.22. The van der Waals surface area contributed by atoms with E-state index in [4.69, 9.17) is 14.2 Å². The average molecular weight is 647 g/mol. The summed E-state index contributed by atoms with van der Waals surface area (Å²) in [5, 5.41) is 30.3. The van der Waals surface area contributed by atoms with Crippen LogP contribution in [0.5, 0.6) is 23.0 Å². The van der Waals surface area contributed by atoms with Crippen LogP contribution in [0.3, 0.4) is 0 Å². The van der Waals surface area contributed by atoms with Crippen molar-refractivity contribution in [3.8, 4) is 34.1 Å². The van der Waals surface area contributed by atoms with E-state index in [2.05, 4.69) is 43.3 Å². The Kier molecular flexibility index (Phi) is 10.8. The number of hydrogen-bond donors (Lipinski definition) is 3. The summed E-state index contributed by atoms with van der Waals surface area (Å²) in [4.78, 5) is 0. The molecule has 3 N–H and O–H groups in total. The molecule has 48 heavy (non-hydrogen) atoms. The third-order valence-electron chi connectivity index (χ3n) is 8.81. The second-order valence-electron chi connectivity index (χ2n) is 12.9. The lowest BCUT2D eigenvalue weighted by molar-refractivity contribution is 0.0622. The monoisotopic (exact) mass is 646 g/mol. The van der Waals surface area contributed by atoms with Crippen LogP contribution in [0.15, 0.2) is 103 Å². The van der Waals surface area contributed by atoms with Gasteiger partial charge >= 0.3 is 0 Å². The second-order valence-corrected chi connectivity index (χ2v) is 12.9. The minimum Gasteiger partial charge on any atom is -0.508 e. The van der Waals surface area contributed by atoms with E-state index < -0.39 is 17.6 Å². The number of rotatable bonds is 13. The highest BCUT2D eigenvalue weighted by molar-refractivity contribution is 5.70. The number of benzene rings is 5. The van der Waals surface area contributed by atoms with Crippen LogP contribution in [0.4, 0.5) is 0 Å². The molecule has 0 saturated carbocycles. The van der Waals surface area contributed by atoms with Crippen LogP contribution in [-0.2, 0) is 5.41 Å². The van der Waals surface area contributed by atoms with Crippen LogP contribution < -0.4 is 14.2 Å². The summed E-state index contributed by atoms with van der Waals surface area (Å²) >= 11 is 0. The number of aromatic hydroxyl groups is 1. The third kappa shape index (κ3) is 7.84. The minimum absolute atomic E-state index is 0.0888. The maximum absolute atomic E-state index is 10.8. The van der Waals surface area contributed by atoms with Crippen LogP contribution in [0.25, 0.3) is 11.1 Å². The number of aliphatic hydroxyl groups is 2. The predicted octanol–water partition coefficient (Wildman–Crippen LogP) is 8.23. The third-order valence-corrected chi connectivity index (χ3v) is 8.81. The molecular formula is C42H46O6. The summed E-state index contributed by atoms with van der Waals surface area (Å²) in [6.07, 6.45) is -1.35. The highest BCUT2D eigenvalue weighted by Gasteiger charge is 2.31. The van der Waals surface area contributed by atoms with Gasteiger partial charge in [0.2, 0.25) is 0 Å². The molecule has 3 atom stereocenters. The molecule has 5 aromatic carbocycles. The number of aryl methyl sites for hydroxylation is 4. The molecule has 0 radical (unpaired) electrons. The number of ether oxygens (including phenoxy) is 3. The van der Waals surface area contributed by atoms with Crippen molar-refractivity contribution >= 4 is 0 Å². The molecule has 0 amide bonds.